The summed E-state index contributed by atoms with van der Waals surface area (Å²) in [7, 11) is 0. The first kappa shape index (κ1) is 189. The maximum atomic E-state index is 8.82. The Morgan fingerprint density at radius 1 is 0.562 bits per heavy atom. The molecule has 0 unspecified atom stereocenters. The van der Waals surface area contributed by atoms with Crippen molar-refractivity contribution in [2.45, 2.75) is 0 Å². The van der Waals surface area contributed by atoms with Crippen LogP contribution in [0.15, 0.2) is 0 Å². The summed E-state index contributed by atoms with van der Waals surface area (Å²) in [6.45, 7) is 0. The zero-order chi connectivity index (χ0) is 4.50. The molecular weight excluding hydrogens is 326 g/mol. The SMILES string of the molecule is O.O.O.O.O.O.O.O.O.O.O=[Se](=O)(O)O.[H-].[Na+]. The molecule has 0 aliphatic carbocycles. The molecule has 0 rings (SSSR count). The quantitative estimate of drug-likeness (QED) is 0.401. The van der Waals surface area contributed by atoms with Gasteiger partial charge >= 0.3 is 59.0 Å². The summed E-state index contributed by atoms with van der Waals surface area (Å²) in [6.07, 6.45) is 0. The molecule has 0 saturated carbocycles. The van der Waals surface area contributed by atoms with E-state index >= 15 is 0 Å². The van der Waals surface area contributed by atoms with E-state index in [-0.39, 0.29) is 85.7 Å². The molecule has 0 heterocycles. The third-order valence-corrected chi connectivity index (χ3v) is 0. The van der Waals surface area contributed by atoms with E-state index in [2.05, 4.69) is 0 Å². The van der Waals surface area contributed by atoms with Crippen LogP contribution in [0.2, 0.25) is 0 Å². The smallest absolute Gasteiger partial charge is 1.00 e. The second-order valence-corrected chi connectivity index (χ2v) is 2.33. The molecule has 0 bridgehead atoms. The van der Waals surface area contributed by atoms with Gasteiger partial charge in [-0.05, 0) is 0 Å². The van der Waals surface area contributed by atoms with Crippen molar-refractivity contribution in [3.63, 3.8) is 0 Å². The number of hydrogen-bond donors (Lipinski definition) is 2. The third-order valence-electron chi connectivity index (χ3n) is 0. The summed E-state index contributed by atoms with van der Waals surface area (Å²) in [5.74, 6) is 0. The van der Waals surface area contributed by atoms with Gasteiger partial charge in [0.2, 0.25) is 0 Å². The molecule has 0 atom stereocenters. The van der Waals surface area contributed by atoms with Gasteiger partial charge in [-0.1, -0.05) is 0 Å². The molecule has 0 aromatic carbocycles. The van der Waals surface area contributed by atoms with Gasteiger partial charge < -0.3 is 56.2 Å². The molecule has 0 aliphatic rings. The van der Waals surface area contributed by atoms with Crippen molar-refractivity contribution >= 4 is 13.4 Å². The fraction of sp³-hybridized carbons (Fsp3) is 0. The molecule has 16 heteroatoms. The van der Waals surface area contributed by atoms with Gasteiger partial charge in [-0.3, -0.25) is 0 Å². The monoisotopic (exact) mass is 350 g/mol. The molecule has 0 aliphatic heterocycles. The minimum atomic E-state index is -5.25. The maximum Gasteiger partial charge on any atom is 1.00 e. The van der Waals surface area contributed by atoms with Gasteiger partial charge in [0.25, 0.3) is 0 Å². The van der Waals surface area contributed by atoms with Gasteiger partial charge in [-0.2, -0.15) is 0 Å². The summed E-state index contributed by atoms with van der Waals surface area (Å²) in [4.78, 5) is 0. The van der Waals surface area contributed by atoms with Gasteiger partial charge in [0.15, 0.2) is 0 Å². The fourth-order valence-electron chi connectivity index (χ4n) is 0. The normalized spacial score (nSPS) is 3.62. The largest absolute Gasteiger partial charge is 1.00 e. The Morgan fingerprint density at radius 2 is 0.562 bits per heavy atom. The van der Waals surface area contributed by atoms with Crippen molar-refractivity contribution in [2.24, 2.45) is 0 Å². The first-order valence-corrected chi connectivity index (χ1v) is 3.63. The first-order chi connectivity index (χ1) is 2.00. The van der Waals surface area contributed by atoms with Gasteiger partial charge in [0.1, 0.15) is 0 Å². The van der Waals surface area contributed by atoms with Crippen LogP contribution in [0.1, 0.15) is 1.43 Å². The van der Waals surface area contributed by atoms with E-state index in [1.807, 2.05) is 0 Å². The van der Waals surface area contributed by atoms with Crippen LogP contribution in [0.3, 0.4) is 0 Å². The van der Waals surface area contributed by atoms with Gasteiger partial charge in [0, 0.05) is 0 Å². The van der Waals surface area contributed by atoms with Crippen LogP contribution in [0.4, 0.5) is 0 Å². The van der Waals surface area contributed by atoms with Crippen molar-refractivity contribution in [2.75, 3.05) is 0 Å². The average molecular weight is 349 g/mol. The van der Waals surface area contributed by atoms with Crippen molar-refractivity contribution in [3.8, 4) is 0 Å². The summed E-state index contributed by atoms with van der Waals surface area (Å²) in [6, 6.07) is 0. The minimum absolute atomic E-state index is 0. The Labute approximate surface area is 115 Å². The molecule has 22 N–H and O–H groups in total. The molecule has 0 saturated heterocycles. The Morgan fingerprint density at radius 3 is 0.562 bits per heavy atom. The molecular formula is H23NaO14Se. The second-order valence-electron chi connectivity index (χ2n) is 0.448. The average Bonchev–Trinajstić information content (AvgIpc) is 0.722. The van der Waals surface area contributed by atoms with E-state index in [1.165, 1.54) is 0 Å². The van der Waals surface area contributed by atoms with Crippen LogP contribution in [0, 0.1) is 0 Å². The molecule has 14 nitrogen and oxygen atoms in total. The van der Waals surface area contributed by atoms with Crippen molar-refractivity contribution in [1.82, 2.24) is 0 Å². The molecule has 0 fully saturated rings. The van der Waals surface area contributed by atoms with Gasteiger partial charge in [0.05, 0.1) is 0 Å². The summed E-state index contributed by atoms with van der Waals surface area (Å²) in [5.41, 5.74) is 0. The zero-order valence-electron chi connectivity index (χ0n) is 9.12. The Balaban J connectivity index is -0.00000000121. The van der Waals surface area contributed by atoms with Crippen LogP contribution in [0.25, 0.3) is 0 Å². The molecule has 114 valence electrons. The zero-order valence-corrected chi connectivity index (χ0v) is 11.8. The van der Waals surface area contributed by atoms with Crippen molar-refractivity contribution in [3.05, 3.63) is 0 Å². The molecule has 0 aromatic heterocycles. The fourth-order valence-corrected chi connectivity index (χ4v) is 0. The molecule has 0 spiro atoms. The maximum absolute atomic E-state index is 8.82. The minimum Gasteiger partial charge on any atom is -1.00 e. The Kier molecular flexibility index (Phi) is 899. The molecule has 0 amide bonds. The van der Waals surface area contributed by atoms with E-state index in [9.17, 15) is 0 Å². The first-order valence-electron chi connectivity index (χ1n) is 0.698. The third kappa shape index (κ3) is 6660. The van der Waals surface area contributed by atoms with E-state index in [0.29, 0.717) is 0 Å². The van der Waals surface area contributed by atoms with Crippen LogP contribution in [-0.4, -0.2) is 76.5 Å². The summed E-state index contributed by atoms with van der Waals surface area (Å²) in [5, 5.41) is 0. The van der Waals surface area contributed by atoms with Crippen LogP contribution in [-0.2, 0) is 7.67 Å². The summed E-state index contributed by atoms with van der Waals surface area (Å²) < 4.78 is 31.9. The second kappa shape index (κ2) is 76.0. The van der Waals surface area contributed by atoms with E-state index in [1.54, 1.807) is 0 Å². The van der Waals surface area contributed by atoms with Gasteiger partial charge in [-0.25, -0.2) is 0 Å². The predicted molar refractivity (Wildman–Crippen MR) is 48.8 cm³/mol. The van der Waals surface area contributed by atoms with Gasteiger partial charge in [-0.15, -0.1) is 0 Å². The van der Waals surface area contributed by atoms with Crippen molar-refractivity contribution < 1.29 is 102 Å². The van der Waals surface area contributed by atoms with Crippen molar-refractivity contribution in [1.29, 1.82) is 0 Å². The van der Waals surface area contributed by atoms with E-state index in [0.717, 1.165) is 0 Å². The van der Waals surface area contributed by atoms with E-state index < -0.39 is 13.4 Å². The molecule has 0 aromatic rings. The Hall–Kier alpha value is 0.639. The molecule has 16 heavy (non-hydrogen) atoms. The number of rotatable bonds is 0. The molecule has 0 radical (unpaired) electrons. The van der Waals surface area contributed by atoms with Crippen LogP contribution in [0.5, 0.6) is 0 Å². The van der Waals surface area contributed by atoms with Crippen LogP contribution >= 0.6 is 0 Å². The predicted octanol–water partition coefficient (Wildman–Crippen LogP) is -12.9. The topological polar surface area (TPSA) is 390 Å². The Bertz CT molecular complexity index is 99.4. The standard InChI is InChI=1S/Na.H2O4Se.10H2O.H/c;1-5(2,3)4;;;;;;;;;;;/h;(H2,1,2,3,4);10*1H2;/q+1;;;;;;;;;;;;-1. The van der Waals surface area contributed by atoms with E-state index in [4.69, 9.17) is 16.0 Å². The summed E-state index contributed by atoms with van der Waals surface area (Å²) >= 11 is -5.25. The number of hydrogen-bond acceptors (Lipinski definition) is 2. The van der Waals surface area contributed by atoms with Crippen LogP contribution < -0.4 is 29.6 Å².